The molecular weight excluding hydrogens is 326 g/mol. The van der Waals surface area contributed by atoms with Crippen LogP contribution in [0.2, 0.25) is 5.02 Å². The van der Waals surface area contributed by atoms with Crippen molar-refractivity contribution >= 4 is 23.0 Å². The quantitative estimate of drug-likeness (QED) is 0.506. The minimum atomic E-state index is -0.423. The molecule has 0 amide bonds. The second kappa shape index (κ2) is 7.20. The van der Waals surface area contributed by atoms with Crippen LogP contribution < -0.4 is 5.73 Å². The van der Waals surface area contributed by atoms with E-state index < -0.39 is 4.92 Å². The van der Waals surface area contributed by atoms with Gasteiger partial charge in [0, 0.05) is 11.1 Å². The molecule has 0 bridgehead atoms. The molecular formula is C18H20ClN3O2. The molecule has 0 aliphatic carbocycles. The summed E-state index contributed by atoms with van der Waals surface area (Å²) >= 11 is 6.02. The van der Waals surface area contributed by atoms with Crippen LogP contribution in [0, 0.1) is 10.1 Å². The molecule has 2 aromatic rings. The molecule has 1 aliphatic rings. The smallest absolute Gasteiger partial charge is 0.292 e. The van der Waals surface area contributed by atoms with E-state index in [-0.39, 0.29) is 17.4 Å². The summed E-state index contributed by atoms with van der Waals surface area (Å²) in [7, 11) is 0. The van der Waals surface area contributed by atoms with E-state index in [0.29, 0.717) is 5.02 Å². The lowest BCUT2D eigenvalue weighted by Gasteiger charge is -2.35. The maximum atomic E-state index is 11.2. The third kappa shape index (κ3) is 3.52. The van der Waals surface area contributed by atoms with Crippen molar-refractivity contribution in [3.05, 3.63) is 68.7 Å². The van der Waals surface area contributed by atoms with Crippen LogP contribution in [0.3, 0.4) is 0 Å². The predicted molar refractivity (Wildman–Crippen MR) is 96.2 cm³/mol. The van der Waals surface area contributed by atoms with Gasteiger partial charge in [0.15, 0.2) is 0 Å². The summed E-state index contributed by atoms with van der Waals surface area (Å²) in [6, 6.07) is 12.8. The highest BCUT2D eigenvalue weighted by Crippen LogP contribution is 2.35. The summed E-state index contributed by atoms with van der Waals surface area (Å²) in [4.78, 5) is 13.2. The van der Waals surface area contributed by atoms with Gasteiger partial charge in [0.2, 0.25) is 0 Å². The number of nitro benzene ring substituents is 1. The van der Waals surface area contributed by atoms with Crippen molar-refractivity contribution in [2.75, 3.05) is 18.8 Å². The van der Waals surface area contributed by atoms with Gasteiger partial charge < -0.3 is 5.73 Å². The first kappa shape index (κ1) is 16.7. The number of hydrogen-bond acceptors (Lipinski definition) is 4. The highest BCUT2D eigenvalue weighted by atomic mass is 35.5. The molecule has 2 aromatic carbocycles. The summed E-state index contributed by atoms with van der Waals surface area (Å²) in [5.74, 6) is 0. The number of nitro groups is 1. The molecule has 0 spiro atoms. The Morgan fingerprint density at radius 3 is 2.29 bits per heavy atom. The number of anilines is 1. The van der Waals surface area contributed by atoms with E-state index in [9.17, 15) is 10.1 Å². The Hall–Kier alpha value is -2.11. The summed E-state index contributed by atoms with van der Waals surface area (Å²) < 4.78 is 0. The van der Waals surface area contributed by atoms with Gasteiger partial charge in [-0.15, -0.1) is 0 Å². The van der Waals surface area contributed by atoms with Crippen molar-refractivity contribution in [1.29, 1.82) is 0 Å². The average molecular weight is 346 g/mol. The van der Waals surface area contributed by atoms with Crippen LogP contribution in [0.1, 0.15) is 36.4 Å². The number of nitrogens with two attached hydrogens (primary N) is 1. The maximum absolute atomic E-state index is 11.2. The molecule has 2 N–H and O–H groups in total. The number of likely N-dealkylation sites (tertiary alicyclic amines) is 1. The van der Waals surface area contributed by atoms with Gasteiger partial charge in [-0.05, 0) is 55.3 Å². The lowest BCUT2D eigenvalue weighted by molar-refractivity contribution is -0.384. The Kier molecular flexibility index (Phi) is 5.02. The van der Waals surface area contributed by atoms with Gasteiger partial charge in [-0.25, -0.2) is 0 Å². The number of nitrogens with zero attached hydrogens (tertiary/aromatic N) is 2. The van der Waals surface area contributed by atoms with Crippen LogP contribution in [0.15, 0.2) is 42.5 Å². The van der Waals surface area contributed by atoms with E-state index in [4.69, 9.17) is 17.3 Å². The van der Waals surface area contributed by atoms with Crippen molar-refractivity contribution in [1.82, 2.24) is 4.90 Å². The standard InChI is InChI=1S/C18H20ClN3O2/c19-15-7-4-13(5-8-15)18(21-10-2-1-3-11-21)14-6-9-16(20)17(12-14)22(23)24/h4-9,12,18H,1-3,10-11,20H2. The van der Waals surface area contributed by atoms with E-state index in [2.05, 4.69) is 4.90 Å². The van der Waals surface area contributed by atoms with E-state index in [0.717, 1.165) is 37.1 Å². The Morgan fingerprint density at radius 1 is 1.04 bits per heavy atom. The number of nitrogen functional groups attached to an aromatic ring is 1. The minimum Gasteiger partial charge on any atom is -0.393 e. The molecule has 1 saturated heterocycles. The predicted octanol–water partition coefficient (Wildman–Crippen LogP) is 4.41. The van der Waals surface area contributed by atoms with Crippen LogP contribution in [0.25, 0.3) is 0 Å². The fourth-order valence-electron chi connectivity index (χ4n) is 3.32. The first-order valence-corrected chi connectivity index (χ1v) is 8.47. The number of hydrogen-bond donors (Lipinski definition) is 1. The van der Waals surface area contributed by atoms with Gasteiger partial charge in [0.1, 0.15) is 5.69 Å². The molecule has 1 atom stereocenters. The van der Waals surface area contributed by atoms with E-state index in [1.165, 1.54) is 6.42 Å². The van der Waals surface area contributed by atoms with Crippen molar-refractivity contribution in [3.63, 3.8) is 0 Å². The van der Waals surface area contributed by atoms with Crippen LogP contribution in [-0.4, -0.2) is 22.9 Å². The summed E-state index contributed by atoms with van der Waals surface area (Å²) in [5, 5.41) is 11.9. The Labute approximate surface area is 146 Å². The molecule has 1 fully saturated rings. The number of benzene rings is 2. The Balaban J connectivity index is 2.05. The van der Waals surface area contributed by atoms with Gasteiger partial charge in [0.25, 0.3) is 5.69 Å². The fraction of sp³-hybridized carbons (Fsp3) is 0.333. The Bertz CT molecular complexity index is 728. The summed E-state index contributed by atoms with van der Waals surface area (Å²) in [6.07, 6.45) is 3.51. The lowest BCUT2D eigenvalue weighted by Crippen LogP contribution is -2.34. The fourth-order valence-corrected chi connectivity index (χ4v) is 3.45. The number of rotatable bonds is 4. The molecule has 6 heteroatoms. The van der Waals surface area contributed by atoms with Crippen molar-refractivity contribution < 1.29 is 4.92 Å². The third-order valence-electron chi connectivity index (χ3n) is 4.51. The number of piperidine rings is 1. The van der Waals surface area contributed by atoms with Gasteiger partial charge in [-0.3, -0.25) is 15.0 Å². The highest BCUT2D eigenvalue weighted by Gasteiger charge is 2.26. The van der Waals surface area contributed by atoms with Crippen LogP contribution in [0.5, 0.6) is 0 Å². The molecule has 5 nitrogen and oxygen atoms in total. The van der Waals surface area contributed by atoms with E-state index in [1.807, 2.05) is 30.3 Å². The largest absolute Gasteiger partial charge is 0.393 e. The average Bonchev–Trinajstić information content (AvgIpc) is 2.59. The maximum Gasteiger partial charge on any atom is 0.292 e. The van der Waals surface area contributed by atoms with Crippen molar-refractivity contribution in [3.8, 4) is 0 Å². The lowest BCUT2D eigenvalue weighted by atomic mass is 9.94. The van der Waals surface area contributed by atoms with E-state index in [1.54, 1.807) is 12.1 Å². The topological polar surface area (TPSA) is 72.4 Å². The van der Waals surface area contributed by atoms with E-state index >= 15 is 0 Å². The van der Waals surface area contributed by atoms with Gasteiger partial charge in [-0.1, -0.05) is 36.2 Å². The van der Waals surface area contributed by atoms with Crippen LogP contribution >= 0.6 is 11.6 Å². The van der Waals surface area contributed by atoms with Gasteiger partial charge in [0.05, 0.1) is 11.0 Å². The molecule has 0 radical (unpaired) electrons. The molecule has 126 valence electrons. The Morgan fingerprint density at radius 2 is 1.67 bits per heavy atom. The van der Waals surface area contributed by atoms with Gasteiger partial charge in [-0.2, -0.15) is 0 Å². The monoisotopic (exact) mass is 345 g/mol. The highest BCUT2D eigenvalue weighted by molar-refractivity contribution is 6.30. The minimum absolute atomic E-state index is 0.0260. The normalized spacial score (nSPS) is 16.7. The van der Waals surface area contributed by atoms with Crippen LogP contribution in [0.4, 0.5) is 11.4 Å². The molecule has 0 saturated carbocycles. The van der Waals surface area contributed by atoms with Crippen molar-refractivity contribution in [2.45, 2.75) is 25.3 Å². The zero-order valence-electron chi connectivity index (χ0n) is 13.3. The molecule has 1 heterocycles. The van der Waals surface area contributed by atoms with Crippen molar-refractivity contribution in [2.24, 2.45) is 0 Å². The SMILES string of the molecule is Nc1ccc(C(c2ccc(Cl)cc2)N2CCCCC2)cc1[N+](=O)[O-]. The molecule has 1 aliphatic heterocycles. The molecule has 3 rings (SSSR count). The zero-order valence-corrected chi connectivity index (χ0v) is 14.1. The summed E-state index contributed by atoms with van der Waals surface area (Å²) in [5.41, 5.74) is 7.88. The van der Waals surface area contributed by atoms with Crippen LogP contribution in [-0.2, 0) is 0 Å². The summed E-state index contributed by atoms with van der Waals surface area (Å²) in [6.45, 7) is 1.96. The first-order valence-electron chi connectivity index (χ1n) is 8.09. The zero-order chi connectivity index (χ0) is 17.1. The molecule has 24 heavy (non-hydrogen) atoms. The molecule has 1 unspecified atom stereocenters. The second-order valence-electron chi connectivity index (χ2n) is 6.13. The first-order chi connectivity index (χ1) is 11.6. The molecule has 0 aromatic heterocycles. The van der Waals surface area contributed by atoms with Gasteiger partial charge >= 0.3 is 0 Å². The number of halogens is 1. The second-order valence-corrected chi connectivity index (χ2v) is 6.56. The third-order valence-corrected chi connectivity index (χ3v) is 4.76.